The first-order valence-electron chi connectivity index (χ1n) is 7.25. The van der Waals surface area contributed by atoms with Gasteiger partial charge in [0.05, 0.1) is 21.8 Å². The summed E-state index contributed by atoms with van der Waals surface area (Å²) < 4.78 is 54.5. The molecular weight excluding hydrogens is 412 g/mol. The van der Waals surface area contributed by atoms with Gasteiger partial charge >= 0.3 is 6.18 Å². The van der Waals surface area contributed by atoms with E-state index in [1.54, 1.807) is 0 Å². The predicted molar refractivity (Wildman–Crippen MR) is 94.1 cm³/mol. The van der Waals surface area contributed by atoms with Crippen LogP contribution in [0.15, 0.2) is 36.4 Å². The molecule has 0 saturated carbocycles. The van der Waals surface area contributed by atoms with Crippen LogP contribution in [-0.4, -0.2) is 23.2 Å². The standard InChI is InChI=1S/C15H13ClF3N2O5P/c1-20(8-27(24)25)13-7-10(3-4-12(13)21(22)23)26-14-5-2-9(6-11(14)16)15(17,18)19/h2-7,27H,8H2,1H3,(H,24,25). The molecule has 0 saturated heterocycles. The molecule has 2 aromatic rings. The van der Waals surface area contributed by atoms with Gasteiger partial charge in [-0.15, -0.1) is 0 Å². The van der Waals surface area contributed by atoms with Gasteiger partial charge < -0.3 is 14.5 Å². The first-order valence-corrected chi connectivity index (χ1v) is 9.19. The van der Waals surface area contributed by atoms with Crippen molar-refractivity contribution in [2.45, 2.75) is 6.18 Å². The van der Waals surface area contributed by atoms with Gasteiger partial charge in [0.25, 0.3) is 5.69 Å². The summed E-state index contributed by atoms with van der Waals surface area (Å²) in [5.41, 5.74) is -1.27. The topological polar surface area (TPSA) is 92.9 Å². The van der Waals surface area contributed by atoms with Crippen LogP contribution in [0.5, 0.6) is 11.5 Å². The molecule has 12 heteroatoms. The molecule has 1 atom stereocenters. The van der Waals surface area contributed by atoms with Gasteiger partial charge in [0.15, 0.2) is 0 Å². The molecule has 0 amide bonds. The van der Waals surface area contributed by atoms with E-state index in [9.17, 15) is 27.9 Å². The van der Waals surface area contributed by atoms with Crippen molar-refractivity contribution >= 4 is 31.0 Å². The van der Waals surface area contributed by atoms with Crippen LogP contribution in [0.2, 0.25) is 5.02 Å². The summed E-state index contributed by atoms with van der Waals surface area (Å²) >= 11 is 5.82. The zero-order valence-electron chi connectivity index (χ0n) is 13.7. The Bertz CT molecular complexity index is 894. The lowest BCUT2D eigenvalue weighted by Gasteiger charge is -2.18. The summed E-state index contributed by atoms with van der Waals surface area (Å²) in [5.74, 6) is -0.0235. The van der Waals surface area contributed by atoms with Crippen LogP contribution in [0.4, 0.5) is 24.5 Å². The summed E-state index contributed by atoms with van der Waals surface area (Å²) in [7, 11) is -1.55. The first kappa shape index (κ1) is 21.0. The van der Waals surface area contributed by atoms with E-state index in [-0.39, 0.29) is 34.2 Å². The van der Waals surface area contributed by atoms with Crippen LogP contribution in [0.1, 0.15) is 5.56 Å². The highest BCUT2D eigenvalue weighted by Crippen LogP contribution is 2.39. The van der Waals surface area contributed by atoms with Crippen molar-refractivity contribution in [3.8, 4) is 11.5 Å². The van der Waals surface area contributed by atoms with E-state index >= 15 is 0 Å². The third-order valence-corrected chi connectivity index (χ3v) is 4.45. The SMILES string of the molecule is CN(C[PH](=O)O)c1cc(Oc2ccc(C(F)(F)F)cc2Cl)ccc1[N+](=O)[O-]. The first-order chi connectivity index (χ1) is 12.5. The number of nitro groups is 1. The Morgan fingerprint density at radius 2 is 1.96 bits per heavy atom. The molecule has 2 rings (SSSR count). The van der Waals surface area contributed by atoms with E-state index in [1.165, 1.54) is 24.1 Å². The molecule has 7 nitrogen and oxygen atoms in total. The predicted octanol–water partition coefficient (Wildman–Crippen LogP) is 4.92. The van der Waals surface area contributed by atoms with Crippen molar-refractivity contribution < 1.29 is 32.3 Å². The molecule has 0 aliphatic heterocycles. The third kappa shape index (κ3) is 5.35. The summed E-state index contributed by atoms with van der Waals surface area (Å²) in [6, 6.07) is 6.11. The number of anilines is 1. The molecule has 0 bridgehead atoms. The lowest BCUT2D eigenvalue weighted by Crippen LogP contribution is -2.17. The molecular formula is C15H13ClF3N2O5P. The summed E-state index contributed by atoms with van der Waals surface area (Å²) in [5, 5.41) is 10.9. The van der Waals surface area contributed by atoms with Gasteiger partial charge in [-0.05, 0) is 24.3 Å². The molecule has 146 valence electrons. The maximum atomic E-state index is 12.7. The minimum atomic E-state index is -4.56. The highest BCUT2D eigenvalue weighted by Gasteiger charge is 2.31. The van der Waals surface area contributed by atoms with Crippen molar-refractivity contribution in [1.29, 1.82) is 0 Å². The second kappa shape index (κ2) is 8.16. The molecule has 0 aromatic heterocycles. The molecule has 0 heterocycles. The van der Waals surface area contributed by atoms with E-state index in [0.29, 0.717) is 6.07 Å². The maximum absolute atomic E-state index is 12.7. The number of ether oxygens (including phenoxy) is 1. The average Bonchev–Trinajstić information content (AvgIpc) is 2.54. The molecule has 2 aromatic carbocycles. The van der Waals surface area contributed by atoms with Crippen LogP contribution in [0, 0.1) is 10.1 Å². The Morgan fingerprint density at radius 1 is 1.30 bits per heavy atom. The molecule has 27 heavy (non-hydrogen) atoms. The summed E-state index contributed by atoms with van der Waals surface area (Å²) in [4.78, 5) is 20.7. The second-order valence-electron chi connectivity index (χ2n) is 5.40. The van der Waals surface area contributed by atoms with Crippen LogP contribution < -0.4 is 9.64 Å². The third-order valence-electron chi connectivity index (χ3n) is 3.41. The molecule has 0 radical (unpaired) electrons. The Morgan fingerprint density at radius 3 is 2.48 bits per heavy atom. The van der Waals surface area contributed by atoms with Crippen molar-refractivity contribution in [2.75, 3.05) is 18.2 Å². The Kier molecular flexibility index (Phi) is 6.35. The molecule has 0 fully saturated rings. The smallest absolute Gasteiger partial charge is 0.416 e. The minimum Gasteiger partial charge on any atom is -0.456 e. The zero-order valence-corrected chi connectivity index (χ0v) is 15.4. The molecule has 1 unspecified atom stereocenters. The largest absolute Gasteiger partial charge is 0.456 e. The molecule has 1 N–H and O–H groups in total. The fraction of sp³-hybridized carbons (Fsp3) is 0.200. The number of hydrogen-bond acceptors (Lipinski definition) is 5. The number of nitrogens with zero attached hydrogens (tertiary/aromatic N) is 2. The summed E-state index contributed by atoms with van der Waals surface area (Å²) in [6.45, 7) is 0. The van der Waals surface area contributed by atoms with E-state index in [0.717, 1.165) is 18.2 Å². The van der Waals surface area contributed by atoms with Gasteiger partial charge in [0.2, 0.25) is 8.03 Å². The van der Waals surface area contributed by atoms with Crippen LogP contribution in [0.25, 0.3) is 0 Å². The Balaban J connectivity index is 2.37. The highest BCUT2D eigenvalue weighted by molar-refractivity contribution is 7.38. The van der Waals surface area contributed by atoms with E-state index in [4.69, 9.17) is 21.2 Å². The normalized spacial score (nSPS) is 12.5. The Hall–Kier alpha value is -2.29. The number of benzene rings is 2. The fourth-order valence-corrected chi connectivity index (χ4v) is 3.00. The van der Waals surface area contributed by atoms with Crippen LogP contribution >= 0.6 is 19.6 Å². The maximum Gasteiger partial charge on any atom is 0.416 e. The fourth-order valence-electron chi connectivity index (χ4n) is 2.20. The molecule has 0 aliphatic rings. The van der Waals surface area contributed by atoms with Gasteiger partial charge in [0.1, 0.15) is 17.2 Å². The van der Waals surface area contributed by atoms with Crippen molar-refractivity contribution in [3.05, 3.63) is 57.1 Å². The average molecular weight is 425 g/mol. The van der Waals surface area contributed by atoms with E-state index < -0.39 is 24.7 Å². The molecule has 0 spiro atoms. The second-order valence-corrected chi connectivity index (χ2v) is 6.91. The van der Waals surface area contributed by atoms with Gasteiger partial charge in [-0.2, -0.15) is 13.2 Å². The Labute approximate surface area is 156 Å². The monoisotopic (exact) mass is 424 g/mol. The van der Waals surface area contributed by atoms with Crippen molar-refractivity contribution in [2.24, 2.45) is 0 Å². The lowest BCUT2D eigenvalue weighted by molar-refractivity contribution is -0.384. The highest BCUT2D eigenvalue weighted by atomic mass is 35.5. The number of halogens is 4. The van der Waals surface area contributed by atoms with Crippen molar-refractivity contribution in [3.63, 3.8) is 0 Å². The quantitative estimate of drug-likeness (QED) is 0.402. The van der Waals surface area contributed by atoms with Gasteiger partial charge in [-0.25, -0.2) is 0 Å². The lowest BCUT2D eigenvalue weighted by atomic mass is 10.2. The van der Waals surface area contributed by atoms with Crippen LogP contribution in [0.3, 0.4) is 0 Å². The number of rotatable bonds is 6. The zero-order chi connectivity index (χ0) is 20.4. The van der Waals surface area contributed by atoms with Crippen LogP contribution in [-0.2, 0) is 10.7 Å². The van der Waals surface area contributed by atoms with E-state index in [2.05, 4.69) is 0 Å². The van der Waals surface area contributed by atoms with E-state index in [1.807, 2.05) is 0 Å². The number of hydrogen-bond donors (Lipinski definition) is 1. The summed E-state index contributed by atoms with van der Waals surface area (Å²) in [6.07, 6.45) is -4.89. The molecule has 0 aliphatic carbocycles. The van der Waals surface area contributed by atoms with Gasteiger partial charge in [0, 0.05) is 19.2 Å². The number of nitro benzene ring substituents is 1. The minimum absolute atomic E-state index is 0.00735. The van der Waals surface area contributed by atoms with Gasteiger partial charge in [-0.3, -0.25) is 14.7 Å². The van der Waals surface area contributed by atoms with Gasteiger partial charge in [-0.1, -0.05) is 11.6 Å². The van der Waals surface area contributed by atoms with Crippen molar-refractivity contribution in [1.82, 2.24) is 0 Å². The number of alkyl halides is 3.